The zero-order chi connectivity index (χ0) is 11.4. The summed E-state index contributed by atoms with van der Waals surface area (Å²) < 4.78 is 0. The van der Waals surface area contributed by atoms with Gasteiger partial charge in [-0.15, -0.1) is 11.3 Å². The van der Waals surface area contributed by atoms with Gasteiger partial charge >= 0.3 is 0 Å². The van der Waals surface area contributed by atoms with Crippen molar-refractivity contribution in [3.05, 3.63) is 21.3 Å². The molecule has 2 rings (SSSR count). The highest BCUT2D eigenvalue weighted by atomic mass is 35.5. The maximum Gasteiger partial charge on any atom is 0.0548 e. The number of hydrogen-bond donors (Lipinski definition) is 1. The Balaban J connectivity index is 2.07. The second kappa shape index (κ2) is 6.04. The van der Waals surface area contributed by atoms with Gasteiger partial charge in [0.25, 0.3) is 0 Å². The van der Waals surface area contributed by atoms with E-state index in [0.29, 0.717) is 12.0 Å². The summed E-state index contributed by atoms with van der Waals surface area (Å²) in [5, 5.41) is 6.77. The van der Waals surface area contributed by atoms with E-state index in [4.69, 9.17) is 11.6 Å². The number of hydrogen-bond acceptors (Lipinski definition) is 2. The highest BCUT2D eigenvalue weighted by molar-refractivity contribution is 7.10. The maximum absolute atomic E-state index is 6.26. The van der Waals surface area contributed by atoms with Gasteiger partial charge in [0.2, 0.25) is 0 Å². The molecule has 0 aliphatic heterocycles. The van der Waals surface area contributed by atoms with Crippen LogP contribution in [0.1, 0.15) is 49.8 Å². The molecule has 0 spiro atoms. The predicted molar refractivity (Wildman–Crippen MR) is 72.6 cm³/mol. The lowest BCUT2D eigenvalue weighted by molar-refractivity contribution is 0.331. The van der Waals surface area contributed by atoms with Crippen LogP contribution in [0.5, 0.6) is 0 Å². The van der Waals surface area contributed by atoms with E-state index in [9.17, 15) is 0 Å². The summed E-state index contributed by atoms with van der Waals surface area (Å²) in [4.78, 5) is 1.40. The Hall–Kier alpha value is -0.0500. The molecule has 2 atom stereocenters. The molecule has 1 aliphatic rings. The molecule has 1 aromatic heterocycles. The van der Waals surface area contributed by atoms with Gasteiger partial charge in [0, 0.05) is 16.8 Å². The molecule has 0 amide bonds. The standard InChI is InChI=1S/C13H20ClNS/c1-2-8-15-12-6-4-3-5-10(12)13-11(14)7-9-16-13/h7,9-10,12,15H,2-6,8H2,1H3. The molecule has 1 heterocycles. The normalized spacial score (nSPS) is 25.9. The van der Waals surface area contributed by atoms with Gasteiger partial charge in [-0.3, -0.25) is 0 Å². The van der Waals surface area contributed by atoms with E-state index in [1.807, 2.05) is 17.4 Å². The van der Waals surface area contributed by atoms with Crippen molar-refractivity contribution >= 4 is 22.9 Å². The molecule has 1 saturated carbocycles. The van der Waals surface area contributed by atoms with Crippen LogP contribution in [0.2, 0.25) is 5.02 Å². The van der Waals surface area contributed by atoms with Crippen LogP contribution in [0.15, 0.2) is 11.4 Å². The van der Waals surface area contributed by atoms with Crippen molar-refractivity contribution in [2.24, 2.45) is 0 Å². The molecule has 0 aromatic carbocycles. The molecule has 1 fully saturated rings. The van der Waals surface area contributed by atoms with E-state index in [-0.39, 0.29) is 0 Å². The molecule has 0 bridgehead atoms. The lowest BCUT2D eigenvalue weighted by Gasteiger charge is -2.32. The molecule has 0 radical (unpaired) electrons. The second-order valence-corrected chi connectivity index (χ2v) is 5.94. The van der Waals surface area contributed by atoms with Crippen LogP contribution < -0.4 is 5.32 Å². The highest BCUT2D eigenvalue weighted by Crippen LogP contribution is 2.39. The third-order valence-electron chi connectivity index (χ3n) is 3.40. The quantitative estimate of drug-likeness (QED) is 0.842. The van der Waals surface area contributed by atoms with Gasteiger partial charge in [-0.1, -0.05) is 31.4 Å². The summed E-state index contributed by atoms with van der Waals surface area (Å²) in [6, 6.07) is 2.68. The molecule has 2 unspecified atom stereocenters. The van der Waals surface area contributed by atoms with Crippen molar-refractivity contribution in [2.75, 3.05) is 6.54 Å². The van der Waals surface area contributed by atoms with Gasteiger partial charge in [0.15, 0.2) is 0 Å². The first-order chi connectivity index (χ1) is 7.83. The smallest absolute Gasteiger partial charge is 0.0548 e. The van der Waals surface area contributed by atoms with Crippen LogP contribution in [0, 0.1) is 0 Å². The Bertz CT molecular complexity index is 323. The molecule has 1 aromatic rings. The monoisotopic (exact) mass is 257 g/mol. The molecule has 0 saturated heterocycles. The van der Waals surface area contributed by atoms with E-state index in [2.05, 4.69) is 17.6 Å². The second-order valence-electron chi connectivity index (χ2n) is 4.58. The Morgan fingerprint density at radius 1 is 1.44 bits per heavy atom. The molecular formula is C13H20ClNS. The summed E-state index contributed by atoms with van der Waals surface area (Å²) in [7, 11) is 0. The maximum atomic E-state index is 6.26. The van der Waals surface area contributed by atoms with Gasteiger partial charge in [-0.05, 0) is 37.3 Å². The summed E-state index contributed by atoms with van der Waals surface area (Å²) in [5.41, 5.74) is 0. The Morgan fingerprint density at radius 3 is 2.94 bits per heavy atom. The van der Waals surface area contributed by atoms with Crippen LogP contribution in [-0.2, 0) is 0 Å². The van der Waals surface area contributed by atoms with Crippen molar-refractivity contribution < 1.29 is 0 Å². The lowest BCUT2D eigenvalue weighted by Crippen LogP contribution is -2.37. The van der Waals surface area contributed by atoms with E-state index in [0.717, 1.165) is 11.6 Å². The first-order valence-electron chi connectivity index (χ1n) is 6.29. The van der Waals surface area contributed by atoms with Crippen molar-refractivity contribution in [3.63, 3.8) is 0 Å². The molecule has 1 N–H and O–H groups in total. The number of rotatable bonds is 4. The molecule has 3 heteroatoms. The van der Waals surface area contributed by atoms with Crippen LogP contribution in [0.3, 0.4) is 0 Å². The zero-order valence-electron chi connectivity index (χ0n) is 9.84. The fraction of sp³-hybridized carbons (Fsp3) is 0.692. The van der Waals surface area contributed by atoms with Gasteiger partial charge in [-0.25, -0.2) is 0 Å². The lowest BCUT2D eigenvalue weighted by atomic mass is 9.83. The van der Waals surface area contributed by atoms with Crippen molar-refractivity contribution in [3.8, 4) is 0 Å². The molecule has 1 aliphatic carbocycles. The molecule has 16 heavy (non-hydrogen) atoms. The summed E-state index contributed by atoms with van der Waals surface area (Å²) in [6.07, 6.45) is 6.52. The largest absolute Gasteiger partial charge is 0.313 e. The highest BCUT2D eigenvalue weighted by Gasteiger charge is 2.28. The minimum atomic E-state index is 0.643. The third kappa shape index (κ3) is 2.79. The summed E-state index contributed by atoms with van der Waals surface area (Å²) in [6.45, 7) is 3.35. The first-order valence-corrected chi connectivity index (χ1v) is 7.55. The first kappa shape index (κ1) is 12.4. The number of nitrogens with one attached hydrogen (secondary N) is 1. The molecule has 90 valence electrons. The SMILES string of the molecule is CCCNC1CCCCC1c1sccc1Cl. The van der Waals surface area contributed by atoms with Crippen molar-refractivity contribution in [1.82, 2.24) is 5.32 Å². The van der Waals surface area contributed by atoms with Gasteiger partial charge in [0.1, 0.15) is 0 Å². The fourth-order valence-corrected chi connectivity index (χ4v) is 3.99. The minimum absolute atomic E-state index is 0.643. The van der Waals surface area contributed by atoms with Gasteiger partial charge in [-0.2, -0.15) is 0 Å². The number of thiophene rings is 1. The average molecular weight is 258 g/mol. The third-order valence-corrected chi connectivity index (χ3v) is 4.89. The van der Waals surface area contributed by atoms with E-state index in [1.54, 1.807) is 0 Å². The zero-order valence-corrected chi connectivity index (χ0v) is 11.4. The predicted octanol–water partition coefficient (Wildman–Crippen LogP) is 4.43. The van der Waals surface area contributed by atoms with E-state index >= 15 is 0 Å². The van der Waals surface area contributed by atoms with Crippen LogP contribution >= 0.6 is 22.9 Å². The van der Waals surface area contributed by atoms with Crippen LogP contribution in [0.25, 0.3) is 0 Å². The molecular weight excluding hydrogens is 238 g/mol. The van der Waals surface area contributed by atoms with Crippen molar-refractivity contribution in [1.29, 1.82) is 0 Å². The summed E-state index contributed by atoms with van der Waals surface area (Å²) >= 11 is 8.08. The fourth-order valence-electron chi connectivity index (χ4n) is 2.59. The van der Waals surface area contributed by atoms with Gasteiger partial charge in [0.05, 0.1) is 5.02 Å². The van der Waals surface area contributed by atoms with Crippen LogP contribution in [0.4, 0.5) is 0 Å². The van der Waals surface area contributed by atoms with E-state index < -0.39 is 0 Å². The van der Waals surface area contributed by atoms with Crippen LogP contribution in [-0.4, -0.2) is 12.6 Å². The average Bonchev–Trinajstić information content (AvgIpc) is 2.73. The van der Waals surface area contributed by atoms with E-state index in [1.165, 1.54) is 37.0 Å². The Kier molecular flexibility index (Phi) is 4.68. The Labute approximate surface area is 107 Å². The Morgan fingerprint density at radius 2 is 2.25 bits per heavy atom. The topological polar surface area (TPSA) is 12.0 Å². The minimum Gasteiger partial charge on any atom is -0.313 e. The van der Waals surface area contributed by atoms with Crippen molar-refractivity contribution in [2.45, 2.75) is 51.0 Å². The summed E-state index contributed by atoms with van der Waals surface area (Å²) in [5.74, 6) is 0.646. The van der Waals surface area contributed by atoms with Gasteiger partial charge < -0.3 is 5.32 Å². The number of halogens is 1. The molecule has 1 nitrogen and oxygen atoms in total.